The summed E-state index contributed by atoms with van der Waals surface area (Å²) in [7, 11) is -3.40. The van der Waals surface area contributed by atoms with Crippen LogP contribution in [0.2, 0.25) is 0 Å². The Morgan fingerprint density at radius 3 is 2.70 bits per heavy atom. The Morgan fingerprint density at radius 2 is 2.05 bits per heavy atom. The highest BCUT2D eigenvalue weighted by Gasteiger charge is 2.14. The predicted octanol–water partition coefficient (Wildman–Crippen LogP) is 0.0577. The van der Waals surface area contributed by atoms with E-state index in [0.717, 1.165) is 0 Å². The molecule has 0 aliphatic carbocycles. The Kier molecular flexibility index (Phi) is 6.15. The molecule has 0 atom stereocenters. The largest absolute Gasteiger partial charge is 0.355 e. The molecule has 20 heavy (non-hydrogen) atoms. The molecule has 0 saturated heterocycles. The second kappa shape index (κ2) is 7.62. The average molecular weight is 295 g/mol. The molecule has 0 aliphatic heterocycles. The zero-order valence-corrected chi connectivity index (χ0v) is 12.0. The lowest BCUT2D eigenvalue weighted by atomic mass is 10.2. The minimum Gasteiger partial charge on any atom is -0.355 e. The van der Waals surface area contributed by atoms with Gasteiger partial charge in [-0.2, -0.15) is 5.26 Å². The van der Waals surface area contributed by atoms with Gasteiger partial charge in [0.15, 0.2) is 9.84 Å². The fourth-order valence-corrected chi connectivity index (χ4v) is 2.78. The molecule has 1 aromatic rings. The molecule has 0 aliphatic rings. The van der Waals surface area contributed by atoms with Crippen molar-refractivity contribution in [3.8, 4) is 6.07 Å². The number of carbonyl (C=O) groups excluding carboxylic acids is 1. The highest BCUT2D eigenvalue weighted by molar-refractivity contribution is 7.91. The number of sulfone groups is 1. The number of nitrogens with zero attached hydrogens (tertiary/aromatic N) is 1. The molecule has 0 aromatic heterocycles. The molecule has 0 unspecified atom stereocenters. The molecular weight excluding hydrogens is 278 g/mol. The van der Waals surface area contributed by atoms with Crippen molar-refractivity contribution < 1.29 is 13.2 Å². The van der Waals surface area contributed by atoms with Gasteiger partial charge in [0.1, 0.15) is 0 Å². The molecule has 1 rings (SSSR count). The maximum Gasteiger partial charge on any atom is 0.216 e. The number of carbonyl (C=O) groups is 1. The average Bonchev–Trinajstić information content (AvgIpc) is 2.42. The molecule has 7 heteroatoms. The molecule has 0 spiro atoms. The van der Waals surface area contributed by atoms with Gasteiger partial charge in [-0.1, -0.05) is 6.07 Å². The van der Waals surface area contributed by atoms with Gasteiger partial charge in [0.2, 0.25) is 5.91 Å². The van der Waals surface area contributed by atoms with Gasteiger partial charge in [-0.3, -0.25) is 4.79 Å². The van der Waals surface area contributed by atoms with E-state index in [4.69, 9.17) is 5.26 Å². The number of hydrogen-bond donors (Lipinski definition) is 2. The van der Waals surface area contributed by atoms with E-state index in [1.54, 1.807) is 12.1 Å². The molecule has 0 saturated carbocycles. The Labute approximate surface area is 118 Å². The van der Waals surface area contributed by atoms with E-state index in [0.29, 0.717) is 25.2 Å². The second-order valence-corrected chi connectivity index (χ2v) is 6.30. The van der Waals surface area contributed by atoms with Crippen LogP contribution in [0.4, 0.5) is 0 Å². The van der Waals surface area contributed by atoms with Crippen LogP contribution in [-0.2, 0) is 14.6 Å². The SMILES string of the molecule is CC(=O)NCCNCCS(=O)(=O)c1cccc(C#N)c1. The molecular formula is C13H17N3O3S. The first-order valence-corrected chi connectivity index (χ1v) is 7.79. The molecule has 0 bridgehead atoms. The molecule has 6 nitrogen and oxygen atoms in total. The topological polar surface area (TPSA) is 99.1 Å². The second-order valence-electron chi connectivity index (χ2n) is 4.19. The van der Waals surface area contributed by atoms with Gasteiger partial charge in [-0.15, -0.1) is 0 Å². The zero-order chi connectivity index (χ0) is 15.0. The van der Waals surface area contributed by atoms with Crippen molar-refractivity contribution >= 4 is 15.7 Å². The van der Waals surface area contributed by atoms with Crippen LogP contribution in [0.5, 0.6) is 0 Å². The van der Waals surface area contributed by atoms with E-state index < -0.39 is 9.84 Å². The van der Waals surface area contributed by atoms with Gasteiger partial charge in [-0.05, 0) is 18.2 Å². The summed E-state index contributed by atoms with van der Waals surface area (Å²) in [6.45, 7) is 2.68. The van der Waals surface area contributed by atoms with E-state index in [9.17, 15) is 13.2 Å². The van der Waals surface area contributed by atoms with Crippen LogP contribution in [0.25, 0.3) is 0 Å². The molecule has 0 radical (unpaired) electrons. The van der Waals surface area contributed by atoms with Crippen molar-refractivity contribution in [2.45, 2.75) is 11.8 Å². The minimum absolute atomic E-state index is 0.0536. The van der Waals surface area contributed by atoms with Crippen LogP contribution in [0.15, 0.2) is 29.2 Å². The smallest absolute Gasteiger partial charge is 0.216 e. The number of benzene rings is 1. The van der Waals surface area contributed by atoms with Crippen molar-refractivity contribution in [1.82, 2.24) is 10.6 Å². The van der Waals surface area contributed by atoms with Crippen LogP contribution in [0.1, 0.15) is 12.5 Å². The highest BCUT2D eigenvalue weighted by Crippen LogP contribution is 2.12. The van der Waals surface area contributed by atoms with Crippen LogP contribution < -0.4 is 10.6 Å². The Hall–Kier alpha value is -1.91. The summed E-state index contributed by atoms with van der Waals surface area (Å²) in [6.07, 6.45) is 0. The zero-order valence-electron chi connectivity index (χ0n) is 11.2. The lowest BCUT2D eigenvalue weighted by molar-refractivity contribution is -0.118. The predicted molar refractivity (Wildman–Crippen MR) is 74.8 cm³/mol. The quantitative estimate of drug-likeness (QED) is 0.693. The number of amides is 1. The fourth-order valence-electron chi connectivity index (χ4n) is 1.54. The third-order valence-electron chi connectivity index (χ3n) is 2.55. The van der Waals surface area contributed by atoms with E-state index in [2.05, 4.69) is 10.6 Å². The van der Waals surface area contributed by atoms with Crippen molar-refractivity contribution in [3.05, 3.63) is 29.8 Å². The molecule has 108 valence electrons. The van der Waals surface area contributed by atoms with E-state index in [1.165, 1.54) is 19.1 Å². The van der Waals surface area contributed by atoms with Crippen molar-refractivity contribution in [3.63, 3.8) is 0 Å². The summed E-state index contributed by atoms with van der Waals surface area (Å²) >= 11 is 0. The highest BCUT2D eigenvalue weighted by atomic mass is 32.2. The van der Waals surface area contributed by atoms with Crippen LogP contribution in [0.3, 0.4) is 0 Å². The Morgan fingerprint density at radius 1 is 1.30 bits per heavy atom. The number of rotatable bonds is 7. The molecule has 0 heterocycles. The third-order valence-corrected chi connectivity index (χ3v) is 4.26. The van der Waals surface area contributed by atoms with Crippen molar-refractivity contribution in [2.75, 3.05) is 25.4 Å². The number of nitrogens with one attached hydrogen (secondary N) is 2. The van der Waals surface area contributed by atoms with Gasteiger partial charge in [-0.25, -0.2) is 8.42 Å². The van der Waals surface area contributed by atoms with Gasteiger partial charge < -0.3 is 10.6 Å². The van der Waals surface area contributed by atoms with Gasteiger partial charge in [0.25, 0.3) is 0 Å². The van der Waals surface area contributed by atoms with Crippen LogP contribution in [-0.4, -0.2) is 39.7 Å². The summed E-state index contributed by atoms with van der Waals surface area (Å²) in [5.74, 6) is -0.171. The van der Waals surface area contributed by atoms with Gasteiger partial charge in [0, 0.05) is 26.6 Å². The summed E-state index contributed by atoms with van der Waals surface area (Å²) in [6, 6.07) is 7.87. The summed E-state index contributed by atoms with van der Waals surface area (Å²) in [4.78, 5) is 10.8. The fraction of sp³-hybridized carbons (Fsp3) is 0.385. The first-order chi connectivity index (χ1) is 9.45. The molecule has 2 N–H and O–H groups in total. The maximum atomic E-state index is 12.0. The first-order valence-electron chi connectivity index (χ1n) is 6.14. The van der Waals surface area contributed by atoms with Gasteiger partial charge >= 0.3 is 0 Å². The van der Waals surface area contributed by atoms with E-state index in [1.807, 2.05) is 6.07 Å². The molecule has 1 amide bonds. The normalized spacial score (nSPS) is 10.8. The molecule has 1 aromatic carbocycles. The molecule has 0 fully saturated rings. The monoisotopic (exact) mass is 295 g/mol. The van der Waals surface area contributed by atoms with Crippen molar-refractivity contribution in [2.24, 2.45) is 0 Å². The summed E-state index contributed by atoms with van der Waals surface area (Å²) in [5, 5.41) is 14.3. The third kappa shape index (κ3) is 5.38. The summed E-state index contributed by atoms with van der Waals surface area (Å²) in [5.41, 5.74) is 0.324. The lowest BCUT2D eigenvalue weighted by Gasteiger charge is -2.07. The van der Waals surface area contributed by atoms with Gasteiger partial charge in [0.05, 0.1) is 22.3 Å². The minimum atomic E-state index is -3.40. The number of nitriles is 1. The van der Waals surface area contributed by atoms with Crippen LogP contribution in [0, 0.1) is 11.3 Å². The summed E-state index contributed by atoms with van der Waals surface area (Å²) < 4.78 is 24.0. The Balaban J connectivity index is 2.46. The standard InChI is InChI=1S/C13H17N3O3S/c1-11(17)16-6-5-15-7-8-20(18,19)13-4-2-3-12(9-13)10-14/h2-4,9,15H,5-8H2,1H3,(H,16,17). The lowest BCUT2D eigenvalue weighted by Crippen LogP contribution is -2.32. The Bertz CT molecular complexity index is 606. The van der Waals surface area contributed by atoms with E-state index in [-0.39, 0.29) is 16.6 Å². The maximum absolute atomic E-state index is 12.0. The number of hydrogen-bond acceptors (Lipinski definition) is 5. The van der Waals surface area contributed by atoms with Crippen molar-refractivity contribution in [1.29, 1.82) is 5.26 Å². The first kappa shape index (κ1) is 16.1. The van der Waals surface area contributed by atoms with E-state index >= 15 is 0 Å². The van der Waals surface area contributed by atoms with Crippen LogP contribution >= 0.6 is 0 Å².